The van der Waals surface area contributed by atoms with Crippen molar-refractivity contribution < 1.29 is 13.9 Å². The summed E-state index contributed by atoms with van der Waals surface area (Å²) >= 11 is 0. The van der Waals surface area contributed by atoms with Crippen LogP contribution in [0.1, 0.15) is 104 Å². The molecule has 0 fully saturated rings. The van der Waals surface area contributed by atoms with Gasteiger partial charge in [-0.05, 0) is 18.9 Å². The van der Waals surface area contributed by atoms with Crippen LogP contribution in [0.15, 0.2) is 16.7 Å². The zero-order valence-corrected chi connectivity index (χ0v) is 19.4. The first kappa shape index (κ1) is 24.0. The Morgan fingerprint density at radius 3 is 2.04 bits per heavy atom. The molecule has 1 atom stereocenters. The highest BCUT2D eigenvalue weighted by Crippen LogP contribution is 2.28. The molecule has 0 saturated heterocycles. The third-order valence-corrected chi connectivity index (χ3v) is 11.5. The number of esters is 1. The van der Waals surface area contributed by atoms with Gasteiger partial charge in [0.2, 0.25) is 0 Å². The zero-order chi connectivity index (χ0) is 20.1. The zero-order valence-electron chi connectivity index (χ0n) is 18.4. The van der Waals surface area contributed by atoms with Crippen molar-refractivity contribution in [3.63, 3.8) is 0 Å². The van der Waals surface area contributed by atoms with E-state index in [0.29, 0.717) is 0 Å². The van der Waals surface area contributed by atoms with E-state index in [2.05, 4.69) is 33.8 Å². The van der Waals surface area contributed by atoms with Crippen LogP contribution in [-0.2, 0) is 9.53 Å². The Morgan fingerprint density at radius 1 is 0.963 bits per heavy atom. The van der Waals surface area contributed by atoms with Crippen molar-refractivity contribution in [3.8, 4) is 0 Å². The molecule has 156 valence electrons. The van der Waals surface area contributed by atoms with Gasteiger partial charge in [0.05, 0.1) is 11.6 Å². The van der Waals surface area contributed by atoms with E-state index in [1.807, 2.05) is 6.26 Å². The first-order valence-corrected chi connectivity index (χ1v) is 13.9. The van der Waals surface area contributed by atoms with E-state index >= 15 is 0 Å². The third kappa shape index (κ3) is 7.85. The topological polar surface area (TPSA) is 39.4 Å². The predicted molar refractivity (Wildman–Crippen MR) is 117 cm³/mol. The molecule has 0 aliphatic rings. The van der Waals surface area contributed by atoms with Gasteiger partial charge >= 0.3 is 5.97 Å². The van der Waals surface area contributed by atoms with Gasteiger partial charge in [0.25, 0.3) is 0 Å². The minimum Gasteiger partial charge on any atom is -0.474 e. The lowest BCUT2D eigenvalue weighted by Gasteiger charge is -2.24. The Morgan fingerprint density at radius 2 is 1.52 bits per heavy atom. The van der Waals surface area contributed by atoms with E-state index in [1.165, 1.54) is 75.4 Å². The fraction of sp³-hybridized carbons (Fsp3) is 0.783. The van der Waals surface area contributed by atoms with Crippen molar-refractivity contribution in [2.24, 2.45) is 0 Å². The fourth-order valence-electron chi connectivity index (χ4n) is 4.03. The van der Waals surface area contributed by atoms with E-state index in [0.717, 1.165) is 18.4 Å². The Bertz CT molecular complexity index is 511. The first-order valence-electron chi connectivity index (χ1n) is 11.3. The van der Waals surface area contributed by atoms with Crippen molar-refractivity contribution in [2.45, 2.75) is 117 Å². The van der Waals surface area contributed by atoms with Gasteiger partial charge in [0.15, 0.2) is 0 Å². The Balaban J connectivity index is 2.60. The molecule has 0 aliphatic carbocycles. The maximum absolute atomic E-state index is 11.6. The average molecular weight is 395 g/mol. The highest BCUT2D eigenvalue weighted by Gasteiger charge is 2.33. The first-order chi connectivity index (χ1) is 13.0. The summed E-state index contributed by atoms with van der Waals surface area (Å²) in [5.41, 5.74) is 1.05. The molecule has 0 saturated carbocycles. The van der Waals surface area contributed by atoms with Crippen molar-refractivity contribution in [2.75, 3.05) is 0 Å². The summed E-state index contributed by atoms with van der Waals surface area (Å²) in [5.74, 6) is -0.202. The molecule has 0 amide bonds. The Labute approximate surface area is 168 Å². The molecule has 0 spiro atoms. The van der Waals surface area contributed by atoms with Crippen LogP contribution >= 0.6 is 0 Å². The maximum Gasteiger partial charge on any atom is 0.303 e. The Kier molecular flexibility index (Phi) is 11.7. The second-order valence-corrected chi connectivity index (χ2v) is 13.1. The van der Waals surface area contributed by atoms with Gasteiger partial charge in [-0.15, -0.1) is 0 Å². The van der Waals surface area contributed by atoms with E-state index in [-0.39, 0.29) is 12.1 Å². The van der Waals surface area contributed by atoms with Crippen LogP contribution in [0.2, 0.25) is 18.1 Å². The van der Waals surface area contributed by atoms with Gasteiger partial charge in [0, 0.05) is 12.5 Å². The average Bonchev–Trinajstić information content (AvgIpc) is 3.15. The molecule has 0 N–H and O–H groups in total. The van der Waals surface area contributed by atoms with Gasteiger partial charge < -0.3 is 9.15 Å². The van der Waals surface area contributed by atoms with Crippen LogP contribution < -0.4 is 5.38 Å². The molecule has 27 heavy (non-hydrogen) atoms. The van der Waals surface area contributed by atoms with E-state index in [9.17, 15) is 4.79 Å². The minimum absolute atomic E-state index is 0.155. The third-order valence-electron chi connectivity index (χ3n) is 6.17. The van der Waals surface area contributed by atoms with Gasteiger partial charge in [0.1, 0.15) is 14.2 Å². The SMILES string of the molecule is CCCCCCCCCCC(OC(C)=O)c1coc([Si](CC)(CC)CC)c1. The van der Waals surface area contributed by atoms with E-state index < -0.39 is 8.07 Å². The largest absolute Gasteiger partial charge is 0.474 e. The van der Waals surface area contributed by atoms with Crippen molar-refractivity contribution in [1.29, 1.82) is 0 Å². The lowest BCUT2D eigenvalue weighted by atomic mass is 10.0. The minimum atomic E-state index is -1.53. The lowest BCUT2D eigenvalue weighted by Crippen LogP contribution is -2.44. The lowest BCUT2D eigenvalue weighted by molar-refractivity contribution is -0.147. The highest BCUT2D eigenvalue weighted by molar-refractivity contribution is 6.90. The smallest absolute Gasteiger partial charge is 0.303 e. The van der Waals surface area contributed by atoms with Crippen LogP contribution in [0.25, 0.3) is 0 Å². The summed E-state index contributed by atoms with van der Waals surface area (Å²) in [6, 6.07) is 5.79. The van der Waals surface area contributed by atoms with E-state index in [4.69, 9.17) is 9.15 Å². The molecule has 0 bridgehead atoms. The number of ether oxygens (including phenoxy) is 1. The van der Waals surface area contributed by atoms with Crippen LogP contribution in [0.4, 0.5) is 0 Å². The molecular weight excluding hydrogens is 352 g/mol. The number of furan rings is 1. The summed E-state index contributed by atoms with van der Waals surface area (Å²) in [7, 11) is -1.53. The molecule has 1 heterocycles. The predicted octanol–water partition coefficient (Wildman–Crippen LogP) is 7.13. The van der Waals surface area contributed by atoms with Crippen LogP contribution in [0, 0.1) is 0 Å². The monoisotopic (exact) mass is 394 g/mol. The highest BCUT2D eigenvalue weighted by atomic mass is 28.3. The molecular formula is C23H42O3Si. The van der Waals surface area contributed by atoms with Crippen molar-refractivity contribution in [1.82, 2.24) is 0 Å². The van der Waals surface area contributed by atoms with Crippen LogP contribution in [0.5, 0.6) is 0 Å². The second kappa shape index (κ2) is 13.2. The number of carbonyl (C=O) groups excluding carboxylic acids is 1. The number of unbranched alkanes of at least 4 members (excludes halogenated alkanes) is 7. The van der Waals surface area contributed by atoms with Gasteiger partial charge in [-0.3, -0.25) is 4.79 Å². The van der Waals surface area contributed by atoms with Gasteiger partial charge in [-0.2, -0.15) is 0 Å². The Hall–Kier alpha value is -1.03. The molecule has 1 unspecified atom stereocenters. The second-order valence-electron chi connectivity index (χ2n) is 7.95. The summed E-state index contributed by atoms with van der Waals surface area (Å²) in [6.45, 7) is 10.6. The number of hydrogen-bond donors (Lipinski definition) is 0. The van der Waals surface area contributed by atoms with Gasteiger partial charge in [-0.1, -0.05) is 90.8 Å². The molecule has 0 radical (unpaired) electrons. The van der Waals surface area contributed by atoms with E-state index in [1.54, 1.807) is 0 Å². The number of carbonyl (C=O) groups is 1. The van der Waals surface area contributed by atoms with Gasteiger partial charge in [-0.25, -0.2) is 0 Å². The fourth-order valence-corrected chi connectivity index (χ4v) is 7.36. The molecule has 1 rings (SSSR count). The number of rotatable bonds is 15. The van der Waals surface area contributed by atoms with Crippen molar-refractivity contribution >= 4 is 19.4 Å². The summed E-state index contributed by atoms with van der Waals surface area (Å²) in [4.78, 5) is 11.6. The normalized spacial score (nSPS) is 12.9. The molecule has 3 nitrogen and oxygen atoms in total. The quantitative estimate of drug-likeness (QED) is 0.180. The molecule has 0 aromatic carbocycles. The molecule has 1 aromatic heterocycles. The molecule has 1 aromatic rings. The molecule has 0 aliphatic heterocycles. The van der Waals surface area contributed by atoms with Crippen LogP contribution in [-0.4, -0.2) is 14.0 Å². The summed E-state index contributed by atoms with van der Waals surface area (Å²) in [6.07, 6.45) is 12.9. The number of hydrogen-bond acceptors (Lipinski definition) is 3. The maximum atomic E-state index is 11.6. The van der Waals surface area contributed by atoms with Crippen molar-refractivity contribution in [3.05, 3.63) is 17.9 Å². The standard InChI is InChI=1S/C23H42O3Si/c1-6-10-11-12-13-14-15-16-17-22(26-20(5)24)21-18-23(25-19-21)27(7-2,8-3)9-4/h18-19,22H,6-17H2,1-5H3. The molecule has 4 heteroatoms. The summed E-state index contributed by atoms with van der Waals surface area (Å²) < 4.78 is 11.7. The summed E-state index contributed by atoms with van der Waals surface area (Å²) in [5, 5.41) is 1.18. The van der Waals surface area contributed by atoms with Crippen LogP contribution in [0.3, 0.4) is 0 Å².